The van der Waals surface area contributed by atoms with Crippen molar-refractivity contribution in [1.82, 2.24) is 0 Å². The van der Waals surface area contributed by atoms with Crippen molar-refractivity contribution in [3.63, 3.8) is 0 Å². The van der Waals surface area contributed by atoms with Crippen molar-refractivity contribution >= 4 is 11.9 Å². The number of aliphatic carboxylic acids is 2. The summed E-state index contributed by atoms with van der Waals surface area (Å²) in [4.78, 5) is 21.3. The molecule has 31 heavy (non-hydrogen) atoms. The maximum Gasteiger partial charge on any atom is 2.00 e. The second kappa shape index (κ2) is 14.1. The molecule has 0 aliphatic rings. The van der Waals surface area contributed by atoms with Gasteiger partial charge in [0.05, 0.1) is 0 Å². The zero-order chi connectivity index (χ0) is 22.8. The van der Waals surface area contributed by atoms with Crippen LogP contribution in [0.4, 0.5) is 0 Å². The van der Waals surface area contributed by atoms with Gasteiger partial charge in [-0.3, -0.25) is 0 Å². The standard InChI is InChI=1S/2C13H18O2.Cu/c2*1-9(2)8-11-4-6-12(7-5-11)10(3)13(14)15;/h2*4-7,9-10H,8H2,1-3H3,(H,14,15);/q;;+2/p-2/t2*10-;/m00./s1. The molecule has 173 valence electrons. The minimum Gasteiger partial charge on any atom is -0.550 e. The Labute approximate surface area is 197 Å². The molecule has 0 aliphatic carbocycles. The predicted molar refractivity (Wildman–Crippen MR) is 117 cm³/mol. The van der Waals surface area contributed by atoms with Gasteiger partial charge >= 0.3 is 17.1 Å². The Balaban J connectivity index is 0.000000562. The molecular weight excluding hydrogens is 440 g/mol. The second-order valence-corrected chi connectivity index (χ2v) is 8.76. The van der Waals surface area contributed by atoms with Crippen molar-refractivity contribution in [2.24, 2.45) is 11.8 Å². The van der Waals surface area contributed by atoms with Gasteiger partial charge in [-0.15, -0.1) is 0 Å². The van der Waals surface area contributed by atoms with Gasteiger partial charge < -0.3 is 19.8 Å². The first kappa shape index (κ1) is 28.9. The fourth-order valence-corrected chi connectivity index (χ4v) is 3.10. The predicted octanol–water partition coefficient (Wildman–Crippen LogP) is 3.47. The molecule has 2 rings (SSSR count). The Morgan fingerprint density at radius 1 is 0.613 bits per heavy atom. The van der Waals surface area contributed by atoms with E-state index in [4.69, 9.17) is 0 Å². The third kappa shape index (κ3) is 10.7. The van der Waals surface area contributed by atoms with Crippen LogP contribution in [-0.4, -0.2) is 11.9 Å². The molecule has 0 unspecified atom stereocenters. The zero-order valence-corrected chi connectivity index (χ0v) is 20.2. The van der Waals surface area contributed by atoms with Crippen LogP contribution in [0, 0.1) is 11.8 Å². The molecule has 0 amide bonds. The first-order valence-electron chi connectivity index (χ1n) is 10.6. The number of carboxylic acids is 2. The van der Waals surface area contributed by atoms with Crippen molar-refractivity contribution in [3.8, 4) is 0 Å². The van der Waals surface area contributed by atoms with Crippen LogP contribution in [0.1, 0.15) is 75.6 Å². The van der Waals surface area contributed by atoms with Gasteiger partial charge in [-0.25, -0.2) is 0 Å². The smallest absolute Gasteiger partial charge is 0.550 e. The summed E-state index contributed by atoms with van der Waals surface area (Å²) in [6.45, 7) is 11.9. The van der Waals surface area contributed by atoms with Gasteiger partial charge in [0.2, 0.25) is 0 Å². The van der Waals surface area contributed by atoms with Crippen LogP contribution in [-0.2, 0) is 39.5 Å². The van der Waals surface area contributed by atoms with Gasteiger partial charge in [-0.1, -0.05) is 90.1 Å². The summed E-state index contributed by atoms with van der Waals surface area (Å²) in [6, 6.07) is 15.5. The fourth-order valence-electron chi connectivity index (χ4n) is 3.10. The second-order valence-electron chi connectivity index (χ2n) is 8.76. The molecule has 0 fully saturated rings. The van der Waals surface area contributed by atoms with Crippen molar-refractivity contribution in [2.75, 3.05) is 0 Å². The molecule has 1 radical (unpaired) electrons. The summed E-state index contributed by atoms with van der Waals surface area (Å²) < 4.78 is 0. The minimum atomic E-state index is -1.02. The first-order valence-corrected chi connectivity index (χ1v) is 10.6. The van der Waals surface area contributed by atoms with E-state index in [1.54, 1.807) is 13.8 Å². The van der Waals surface area contributed by atoms with Gasteiger partial charge in [-0.2, -0.15) is 0 Å². The summed E-state index contributed by atoms with van der Waals surface area (Å²) in [7, 11) is 0. The monoisotopic (exact) mass is 473 g/mol. The van der Waals surface area contributed by atoms with Crippen molar-refractivity contribution in [1.29, 1.82) is 0 Å². The summed E-state index contributed by atoms with van der Waals surface area (Å²) in [5, 5.41) is 21.3. The average Bonchev–Trinajstić information content (AvgIpc) is 2.67. The summed E-state index contributed by atoms with van der Waals surface area (Å²) in [5.74, 6) is -1.86. The molecule has 0 aliphatic heterocycles. The molecule has 5 heteroatoms. The number of rotatable bonds is 8. The molecule has 0 spiro atoms. The van der Waals surface area contributed by atoms with Crippen LogP contribution in [0.3, 0.4) is 0 Å². The Kier molecular flexibility index (Phi) is 13.1. The molecule has 0 saturated carbocycles. The Morgan fingerprint density at radius 3 is 1.06 bits per heavy atom. The van der Waals surface area contributed by atoms with E-state index in [9.17, 15) is 19.8 Å². The third-order valence-electron chi connectivity index (χ3n) is 4.95. The number of hydrogen-bond acceptors (Lipinski definition) is 4. The quantitative estimate of drug-likeness (QED) is 0.550. The SMILES string of the molecule is CC(C)Cc1ccc([C@H](C)C(=O)[O-])cc1.CC(C)Cc1ccc([C@H](C)C(=O)[O-])cc1.[Cu+2]. The molecule has 4 nitrogen and oxygen atoms in total. The van der Waals surface area contributed by atoms with E-state index in [1.165, 1.54) is 11.1 Å². The molecule has 2 atom stereocenters. The zero-order valence-electron chi connectivity index (χ0n) is 19.3. The van der Waals surface area contributed by atoms with E-state index in [0.717, 1.165) is 24.0 Å². The molecule has 0 N–H and O–H groups in total. The number of hydrogen-bond donors (Lipinski definition) is 0. The van der Waals surface area contributed by atoms with E-state index < -0.39 is 23.8 Å². The van der Waals surface area contributed by atoms with Crippen LogP contribution >= 0.6 is 0 Å². The van der Waals surface area contributed by atoms with E-state index >= 15 is 0 Å². The topological polar surface area (TPSA) is 80.3 Å². The van der Waals surface area contributed by atoms with E-state index in [-0.39, 0.29) is 17.1 Å². The van der Waals surface area contributed by atoms with Gasteiger partial charge in [0.25, 0.3) is 0 Å². The number of carbonyl (C=O) groups excluding carboxylic acids is 2. The number of carboxylic acid groups (broad SMARTS) is 2. The van der Waals surface area contributed by atoms with Crippen molar-refractivity contribution in [2.45, 2.75) is 66.2 Å². The van der Waals surface area contributed by atoms with E-state index in [0.29, 0.717) is 11.8 Å². The summed E-state index contributed by atoms with van der Waals surface area (Å²) >= 11 is 0. The van der Waals surface area contributed by atoms with Gasteiger partial charge in [0, 0.05) is 23.8 Å². The number of benzene rings is 2. The van der Waals surface area contributed by atoms with Crippen LogP contribution in [0.5, 0.6) is 0 Å². The molecule has 0 bridgehead atoms. The Bertz CT molecular complexity index is 726. The molecule has 2 aromatic rings. The molecule has 0 heterocycles. The van der Waals surface area contributed by atoms with Crippen LogP contribution in [0.25, 0.3) is 0 Å². The van der Waals surface area contributed by atoms with Gasteiger partial charge in [-0.05, 0) is 46.9 Å². The molecule has 0 aromatic heterocycles. The molecule has 2 aromatic carbocycles. The van der Waals surface area contributed by atoms with Crippen LogP contribution < -0.4 is 10.2 Å². The average molecular weight is 474 g/mol. The van der Waals surface area contributed by atoms with E-state index in [1.807, 2.05) is 48.5 Å². The van der Waals surface area contributed by atoms with Crippen molar-refractivity contribution < 1.29 is 36.9 Å². The molecular formula is C26H34CuO4. The van der Waals surface area contributed by atoms with Crippen molar-refractivity contribution in [3.05, 3.63) is 70.8 Å². The number of carbonyl (C=O) groups is 2. The Hall–Kier alpha value is -2.10. The Morgan fingerprint density at radius 2 is 0.871 bits per heavy atom. The summed E-state index contributed by atoms with van der Waals surface area (Å²) in [6.07, 6.45) is 2.06. The van der Waals surface area contributed by atoms with Gasteiger partial charge in [0.1, 0.15) is 0 Å². The maximum absolute atomic E-state index is 10.7. The summed E-state index contributed by atoms with van der Waals surface area (Å²) in [5.41, 5.74) is 4.11. The van der Waals surface area contributed by atoms with Crippen LogP contribution in [0.2, 0.25) is 0 Å². The first-order chi connectivity index (χ1) is 14.0. The fraction of sp³-hybridized carbons (Fsp3) is 0.462. The maximum atomic E-state index is 10.7. The van der Waals surface area contributed by atoms with Crippen LogP contribution in [0.15, 0.2) is 48.5 Å². The van der Waals surface area contributed by atoms with Gasteiger partial charge in [0.15, 0.2) is 0 Å². The molecule has 0 saturated heterocycles. The third-order valence-corrected chi connectivity index (χ3v) is 4.95. The largest absolute Gasteiger partial charge is 2.00 e. The van der Waals surface area contributed by atoms with E-state index in [2.05, 4.69) is 27.7 Å². The normalized spacial score (nSPS) is 12.4. The minimum absolute atomic E-state index is 0.